The fourth-order valence-electron chi connectivity index (χ4n) is 4.44. The average molecular weight is 616 g/mol. The summed E-state index contributed by atoms with van der Waals surface area (Å²) in [7, 11) is 0. The summed E-state index contributed by atoms with van der Waals surface area (Å²) in [5.74, 6) is -1.52. The number of aryl methyl sites for hydroxylation is 1. The van der Waals surface area contributed by atoms with E-state index in [0.29, 0.717) is 16.9 Å². The van der Waals surface area contributed by atoms with Gasteiger partial charge in [0, 0.05) is 21.8 Å². The molecule has 0 aromatic heterocycles. The van der Waals surface area contributed by atoms with Crippen molar-refractivity contribution in [3.63, 3.8) is 0 Å². The van der Waals surface area contributed by atoms with Gasteiger partial charge in [0.2, 0.25) is 5.91 Å². The quantitative estimate of drug-likeness (QED) is 0.110. The summed E-state index contributed by atoms with van der Waals surface area (Å²) in [6, 6.07) is 38.4. The zero-order chi connectivity index (χ0) is 31.6. The Hall–Kier alpha value is -5.47. The predicted molar refractivity (Wildman–Crippen MR) is 178 cm³/mol. The maximum atomic E-state index is 13.5. The van der Waals surface area contributed by atoms with Crippen LogP contribution in [0, 0.1) is 12.7 Å². The van der Waals surface area contributed by atoms with Crippen LogP contribution in [-0.2, 0) is 9.59 Å². The molecule has 3 amide bonds. The first kappa shape index (κ1) is 31.0. The number of halogens is 1. The van der Waals surface area contributed by atoms with E-state index < -0.39 is 17.1 Å². The van der Waals surface area contributed by atoms with Gasteiger partial charge in [-0.05, 0) is 90.4 Å². The number of rotatable bonds is 10. The number of hydrogen-bond acceptors (Lipinski definition) is 4. The molecule has 1 atom stereocenters. The summed E-state index contributed by atoms with van der Waals surface area (Å²) >= 11 is 1.35. The third-order valence-electron chi connectivity index (χ3n) is 6.84. The lowest BCUT2D eigenvalue weighted by Crippen LogP contribution is -2.30. The minimum Gasteiger partial charge on any atom is -0.325 e. The van der Waals surface area contributed by atoms with Crippen LogP contribution in [0.3, 0.4) is 0 Å². The van der Waals surface area contributed by atoms with E-state index in [4.69, 9.17) is 0 Å². The number of benzene rings is 5. The number of nitrogens with one attached hydrogen (secondary N) is 3. The Balaban J connectivity index is 1.33. The first-order chi connectivity index (χ1) is 21.9. The lowest BCUT2D eigenvalue weighted by Gasteiger charge is -2.17. The summed E-state index contributed by atoms with van der Waals surface area (Å²) in [5.41, 5.74) is 4.09. The average Bonchev–Trinajstić information content (AvgIpc) is 3.06. The molecule has 3 N–H and O–H groups in total. The highest BCUT2D eigenvalue weighted by Crippen LogP contribution is 2.36. The molecule has 0 radical (unpaired) electrons. The van der Waals surface area contributed by atoms with Crippen LogP contribution in [0.1, 0.15) is 32.3 Å². The van der Waals surface area contributed by atoms with Gasteiger partial charge in [-0.25, -0.2) is 4.39 Å². The Bertz CT molecular complexity index is 1810. The van der Waals surface area contributed by atoms with Crippen LogP contribution in [0.25, 0.3) is 6.08 Å². The summed E-state index contributed by atoms with van der Waals surface area (Å²) in [6.45, 7) is 1.93. The SMILES string of the molecule is Cc1ccccc1/C=C(\NC(=O)c1ccccc1)C(=O)Nc1ccc(SC(C(=O)Nc2ccc(F)cc2)c2ccccc2)cc1. The van der Waals surface area contributed by atoms with Crippen LogP contribution >= 0.6 is 11.8 Å². The molecule has 5 aromatic rings. The smallest absolute Gasteiger partial charge is 0.272 e. The third kappa shape index (κ3) is 8.55. The number of hydrogen-bond donors (Lipinski definition) is 3. The van der Waals surface area contributed by atoms with Crippen LogP contribution in [0.2, 0.25) is 0 Å². The molecule has 5 rings (SSSR count). The molecule has 6 nitrogen and oxygen atoms in total. The van der Waals surface area contributed by atoms with Gasteiger partial charge in [0.15, 0.2) is 0 Å². The summed E-state index contributed by atoms with van der Waals surface area (Å²) in [5, 5.41) is 7.91. The highest BCUT2D eigenvalue weighted by atomic mass is 32.2. The van der Waals surface area contributed by atoms with Crippen molar-refractivity contribution in [3.8, 4) is 0 Å². The summed E-state index contributed by atoms with van der Waals surface area (Å²) in [4.78, 5) is 40.5. The number of anilines is 2. The van der Waals surface area contributed by atoms with Crippen molar-refractivity contribution in [3.05, 3.63) is 167 Å². The van der Waals surface area contributed by atoms with E-state index >= 15 is 0 Å². The van der Waals surface area contributed by atoms with Crippen LogP contribution in [0.4, 0.5) is 15.8 Å². The molecular weight excluding hydrogens is 585 g/mol. The second-order valence-electron chi connectivity index (χ2n) is 10.1. The monoisotopic (exact) mass is 615 g/mol. The van der Waals surface area contributed by atoms with Crippen LogP contribution in [-0.4, -0.2) is 17.7 Å². The van der Waals surface area contributed by atoms with Gasteiger partial charge in [0.05, 0.1) is 0 Å². The molecule has 0 aliphatic rings. The van der Waals surface area contributed by atoms with Gasteiger partial charge in [0.25, 0.3) is 11.8 Å². The summed E-state index contributed by atoms with van der Waals surface area (Å²) < 4.78 is 13.4. The maximum absolute atomic E-state index is 13.5. The van der Waals surface area contributed by atoms with Crippen molar-refractivity contribution in [1.29, 1.82) is 0 Å². The Kier molecular flexibility index (Phi) is 10.2. The van der Waals surface area contributed by atoms with Crippen LogP contribution in [0.15, 0.2) is 144 Å². The van der Waals surface area contributed by atoms with Crippen molar-refractivity contribution in [2.45, 2.75) is 17.1 Å². The molecule has 224 valence electrons. The Morgan fingerprint density at radius 3 is 1.93 bits per heavy atom. The van der Waals surface area contributed by atoms with E-state index in [9.17, 15) is 18.8 Å². The van der Waals surface area contributed by atoms with Gasteiger partial charge < -0.3 is 16.0 Å². The Morgan fingerprint density at radius 2 is 1.27 bits per heavy atom. The molecule has 0 saturated carbocycles. The predicted octanol–water partition coefficient (Wildman–Crippen LogP) is 8.02. The van der Waals surface area contributed by atoms with Gasteiger partial charge in [-0.2, -0.15) is 0 Å². The number of carbonyl (C=O) groups excluding carboxylic acids is 3. The van der Waals surface area contributed by atoms with E-state index in [-0.39, 0.29) is 17.4 Å². The zero-order valence-corrected chi connectivity index (χ0v) is 25.2. The van der Waals surface area contributed by atoms with E-state index in [1.165, 1.54) is 36.0 Å². The molecule has 0 fully saturated rings. The van der Waals surface area contributed by atoms with E-state index in [0.717, 1.165) is 21.6 Å². The molecule has 45 heavy (non-hydrogen) atoms. The lowest BCUT2D eigenvalue weighted by molar-refractivity contribution is -0.116. The molecule has 0 aliphatic carbocycles. The van der Waals surface area contributed by atoms with E-state index in [1.54, 1.807) is 42.5 Å². The molecule has 0 heterocycles. The zero-order valence-electron chi connectivity index (χ0n) is 24.4. The van der Waals surface area contributed by atoms with Gasteiger partial charge >= 0.3 is 0 Å². The molecular formula is C37H30FN3O3S. The molecule has 0 saturated heterocycles. The van der Waals surface area contributed by atoms with Crippen molar-refractivity contribution in [2.24, 2.45) is 0 Å². The standard InChI is InChI=1S/C37H30FN3O3S/c1-25-10-8-9-15-28(25)24-33(41-35(42)27-13-6-3-7-14-27)36(43)39-31-20-22-32(23-21-31)45-34(26-11-4-2-5-12-26)37(44)40-30-18-16-29(38)17-19-30/h2-24,34H,1H3,(H,39,43)(H,40,44)(H,41,42)/b33-24-. The second kappa shape index (κ2) is 14.8. The van der Waals surface area contributed by atoms with Gasteiger partial charge in [0.1, 0.15) is 16.8 Å². The molecule has 0 bridgehead atoms. The second-order valence-corrected chi connectivity index (χ2v) is 11.3. The van der Waals surface area contributed by atoms with Crippen molar-refractivity contribution >= 4 is 46.9 Å². The van der Waals surface area contributed by atoms with Crippen LogP contribution < -0.4 is 16.0 Å². The minimum absolute atomic E-state index is 0.0956. The molecule has 8 heteroatoms. The maximum Gasteiger partial charge on any atom is 0.272 e. The van der Waals surface area contributed by atoms with Crippen molar-refractivity contribution < 1.29 is 18.8 Å². The lowest BCUT2D eigenvalue weighted by atomic mass is 10.1. The van der Waals surface area contributed by atoms with E-state index in [2.05, 4.69) is 16.0 Å². The summed E-state index contributed by atoms with van der Waals surface area (Å²) in [6.07, 6.45) is 1.65. The molecule has 5 aromatic carbocycles. The fraction of sp³-hybridized carbons (Fsp3) is 0.0541. The van der Waals surface area contributed by atoms with Crippen molar-refractivity contribution in [2.75, 3.05) is 10.6 Å². The highest BCUT2D eigenvalue weighted by Gasteiger charge is 2.22. The normalized spacial score (nSPS) is 11.7. The molecule has 1 unspecified atom stereocenters. The number of amides is 3. The molecule has 0 spiro atoms. The minimum atomic E-state index is -0.589. The van der Waals surface area contributed by atoms with Gasteiger partial charge in [-0.3, -0.25) is 14.4 Å². The van der Waals surface area contributed by atoms with Crippen molar-refractivity contribution in [1.82, 2.24) is 5.32 Å². The number of thioether (sulfide) groups is 1. The topological polar surface area (TPSA) is 87.3 Å². The first-order valence-electron chi connectivity index (χ1n) is 14.2. The Labute approximate surface area is 265 Å². The molecule has 0 aliphatic heterocycles. The van der Waals surface area contributed by atoms with Gasteiger partial charge in [-0.1, -0.05) is 72.8 Å². The highest BCUT2D eigenvalue weighted by molar-refractivity contribution is 8.00. The fourth-order valence-corrected chi connectivity index (χ4v) is 5.46. The number of carbonyl (C=O) groups is 3. The third-order valence-corrected chi connectivity index (χ3v) is 8.10. The van der Waals surface area contributed by atoms with E-state index in [1.807, 2.05) is 79.7 Å². The van der Waals surface area contributed by atoms with Gasteiger partial charge in [-0.15, -0.1) is 11.8 Å². The largest absolute Gasteiger partial charge is 0.325 e. The first-order valence-corrected chi connectivity index (χ1v) is 15.1. The van der Waals surface area contributed by atoms with Crippen LogP contribution in [0.5, 0.6) is 0 Å². The Morgan fingerprint density at radius 1 is 0.689 bits per heavy atom.